The Hall–Kier alpha value is -0.980. The Bertz CT molecular complexity index is 358. The van der Waals surface area contributed by atoms with E-state index in [-0.39, 0.29) is 0 Å². The fourth-order valence-electron chi connectivity index (χ4n) is 3.24. The lowest BCUT2D eigenvalue weighted by atomic mass is 9.83. The number of rotatable bonds is 1. The number of nitrogens with two attached hydrogens (primary N) is 1. The molecule has 1 aromatic carbocycles. The van der Waals surface area contributed by atoms with Crippen molar-refractivity contribution in [3.63, 3.8) is 0 Å². The zero-order valence-electron chi connectivity index (χ0n) is 8.50. The van der Waals surface area contributed by atoms with E-state index in [9.17, 15) is 0 Å². The molecule has 0 amide bonds. The minimum absolute atomic E-state index is 0.549. The molecule has 2 saturated carbocycles. The SMILES string of the molecule is Nc1cccc([C@@]23CCCCC2C3)c1. The van der Waals surface area contributed by atoms with Crippen LogP contribution in [0.1, 0.15) is 37.7 Å². The monoisotopic (exact) mass is 187 g/mol. The lowest BCUT2D eigenvalue weighted by molar-refractivity contribution is 0.428. The number of fused-ring (bicyclic) bond motifs is 1. The van der Waals surface area contributed by atoms with Crippen molar-refractivity contribution in [1.82, 2.24) is 0 Å². The van der Waals surface area contributed by atoms with Crippen molar-refractivity contribution >= 4 is 5.69 Å². The fourth-order valence-corrected chi connectivity index (χ4v) is 3.24. The van der Waals surface area contributed by atoms with Crippen molar-refractivity contribution in [3.05, 3.63) is 29.8 Å². The molecule has 0 heterocycles. The Morgan fingerprint density at radius 1 is 1.29 bits per heavy atom. The molecule has 14 heavy (non-hydrogen) atoms. The van der Waals surface area contributed by atoms with Gasteiger partial charge >= 0.3 is 0 Å². The van der Waals surface area contributed by atoms with Crippen molar-refractivity contribution in [1.29, 1.82) is 0 Å². The van der Waals surface area contributed by atoms with E-state index in [1.807, 2.05) is 6.07 Å². The molecule has 74 valence electrons. The molecule has 0 saturated heterocycles. The van der Waals surface area contributed by atoms with Gasteiger partial charge in [-0.15, -0.1) is 0 Å². The molecule has 1 nitrogen and oxygen atoms in total. The third kappa shape index (κ3) is 1.08. The Labute approximate surface area is 85.3 Å². The summed E-state index contributed by atoms with van der Waals surface area (Å²) >= 11 is 0. The van der Waals surface area contributed by atoms with E-state index >= 15 is 0 Å². The predicted molar refractivity (Wildman–Crippen MR) is 59.1 cm³/mol. The second-order valence-electron chi connectivity index (χ2n) is 4.93. The highest BCUT2D eigenvalue weighted by molar-refractivity contribution is 5.46. The molecule has 1 unspecified atom stereocenters. The molecule has 2 aliphatic rings. The summed E-state index contributed by atoms with van der Waals surface area (Å²) in [6.07, 6.45) is 7.09. The van der Waals surface area contributed by atoms with Gasteiger partial charge in [-0.1, -0.05) is 25.0 Å². The second kappa shape index (κ2) is 2.75. The standard InChI is InChI=1S/C13H17N/c14-12-6-3-5-10(8-12)13-7-2-1-4-11(13)9-13/h3,5-6,8,11H,1-2,4,7,9,14H2/t11?,13-/m0/s1. The second-order valence-corrected chi connectivity index (χ2v) is 4.93. The van der Waals surface area contributed by atoms with Crippen LogP contribution < -0.4 is 5.73 Å². The molecule has 0 radical (unpaired) electrons. The summed E-state index contributed by atoms with van der Waals surface area (Å²) in [6.45, 7) is 0. The van der Waals surface area contributed by atoms with E-state index in [1.165, 1.54) is 37.7 Å². The smallest absolute Gasteiger partial charge is 0.0316 e. The summed E-state index contributed by atoms with van der Waals surface area (Å²) in [5, 5.41) is 0. The molecule has 0 aliphatic heterocycles. The Morgan fingerprint density at radius 2 is 2.21 bits per heavy atom. The summed E-state index contributed by atoms with van der Waals surface area (Å²) < 4.78 is 0. The van der Waals surface area contributed by atoms with Crippen LogP contribution in [-0.2, 0) is 5.41 Å². The third-order valence-electron chi connectivity index (χ3n) is 4.12. The Morgan fingerprint density at radius 3 is 3.00 bits per heavy atom. The van der Waals surface area contributed by atoms with Crippen molar-refractivity contribution in [2.75, 3.05) is 5.73 Å². The van der Waals surface area contributed by atoms with Gasteiger partial charge in [0.1, 0.15) is 0 Å². The minimum Gasteiger partial charge on any atom is -0.399 e. The van der Waals surface area contributed by atoms with Gasteiger partial charge in [-0.3, -0.25) is 0 Å². The Balaban J connectivity index is 1.95. The van der Waals surface area contributed by atoms with Gasteiger partial charge in [-0.2, -0.15) is 0 Å². The van der Waals surface area contributed by atoms with Gasteiger partial charge in [0.2, 0.25) is 0 Å². The maximum absolute atomic E-state index is 5.84. The van der Waals surface area contributed by atoms with Gasteiger partial charge in [-0.25, -0.2) is 0 Å². The first kappa shape index (κ1) is 8.34. The number of hydrogen-bond acceptors (Lipinski definition) is 1. The molecule has 2 aliphatic carbocycles. The highest BCUT2D eigenvalue weighted by atomic mass is 14.6. The first-order valence-electron chi connectivity index (χ1n) is 5.67. The number of nitrogen functional groups attached to an aromatic ring is 1. The number of benzene rings is 1. The van der Waals surface area contributed by atoms with Gasteiger partial charge in [0.25, 0.3) is 0 Å². The molecule has 1 heteroatoms. The predicted octanol–water partition coefficient (Wildman–Crippen LogP) is 3.10. The quantitative estimate of drug-likeness (QED) is 0.672. The maximum atomic E-state index is 5.84. The summed E-state index contributed by atoms with van der Waals surface area (Å²) in [7, 11) is 0. The van der Waals surface area contributed by atoms with Gasteiger partial charge in [0, 0.05) is 5.69 Å². The molecule has 3 rings (SSSR count). The van der Waals surface area contributed by atoms with Crippen molar-refractivity contribution < 1.29 is 0 Å². The zero-order chi connectivity index (χ0) is 9.60. The molecule has 2 atom stereocenters. The van der Waals surface area contributed by atoms with Crippen molar-refractivity contribution in [3.8, 4) is 0 Å². The molecule has 2 fully saturated rings. The van der Waals surface area contributed by atoms with Crippen LogP contribution >= 0.6 is 0 Å². The summed E-state index contributed by atoms with van der Waals surface area (Å²) in [5.41, 5.74) is 8.82. The van der Waals surface area contributed by atoms with Crippen LogP contribution in [0.2, 0.25) is 0 Å². The molecule has 0 spiro atoms. The first-order valence-corrected chi connectivity index (χ1v) is 5.67. The van der Waals surface area contributed by atoms with Gasteiger partial charge in [0.05, 0.1) is 0 Å². The molecule has 0 aromatic heterocycles. The van der Waals surface area contributed by atoms with Crippen molar-refractivity contribution in [2.24, 2.45) is 5.92 Å². The average molecular weight is 187 g/mol. The molecule has 0 bridgehead atoms. The van der Waals surface area contributed by atoms with Gasteiger partial charge in [0.15, 0.2) is 0 Å². The zero-order valence-corrected chi connectivity index (χ0v) is 8.50. The van der Waals surface area contributed by atoms with Crippen LogP contribution in [0, 0.1) is 5.92 Å². The normalized spacial score (nSPS) is 35.0. The third-order valence-corrected chi connectivity index (χ3v) is 4.12. The molecule has 2 N–H and O–H groups in total. The fraction of sp³-hybridized carbons (Fsp3) is 0.538. The Kier molecular flexibility index (Phi) is 1.64. The summed E-state index contributed by atoms with van der Waals surface area (Å²) in [6, 6.07) is 8.54. The van der Waals surface area contributed by atoms with Crippen LogP contribution in [-0.4, -0.2) is 0 Å². The molecule has 1 aromatic rings. The number of anilines is 1. The lowest BCUT2D eigenvalue weighted by Gasteiger charge is -2.22. The van der Waals surface area contributed by atoms with Crippen LogP contribution in [0.3, 0.4) is 0 Å². The minimum atomic E-state index is 0.549. The van der Waals surface area contributed by atoms with Crippen LogP contribution in [0.15, 0.2) is 24.3 Å². The first-order chi connectivity index (χ1) is 6.81. The lowest BCUT2D eigenvalue weighted by Crippen LogP contribution is -2.14. The highest BCUT2D eigenvalue weighted by Crippen LogP contribution is 2.62. The summed E-state index contributed by atoms with van der Waals surface area (Å²) in [5.74, 6) is 0.970. The van der Waals surface area contributed by atoms with E-state index in [0.29, 0.717) is 5.41 Å². The number of hydrogen-bond donors (Lipinski definition) is 1. The van der Waals surface area contributed by atoms with E-state index < -0.39 is 0 Å². The summed E-state index contributed by atoms with van der Waals surface area (Å²) in [4.78, 5) is 0. The van der Waals surface area contributed by atoms with E-state index in [4.69, 9.17) is 5.73 Å². The van der Waals surface area contributed by atoms with Crippen LogP contribution in [0.5, 0.6) is 0 Å². The maximum Gasteiger partial charge on any atom is 0.0316 e. The van der Waals surface area contributed by atoms with E-state index in [0.717, 1.165) is 11.6 Å². The van der Waals surface area contributed by atoms with Gasteiger partial charge < -0.3 is 5.73 Å². The topological polar surface area (TPSA) is 26.0 Å². The molecular formula is C13H17N. The molecular weight excluding hydrogens is 170 g/mol. The largest absolute Gasteiger partial charge is 0.399 e. The van der Waals surface area contributed by atoms with E-state index in [2.05, 4.69) is 18.2 Å². The highest BCUT2D eigenvalue weighted by Gasteiger charge is 2.55. The van der Waals surface area contributed by atoms with Gasteiger partial charge in [-0.05, 0) is 48.3 Å². The average Bonchev–Trinajstić information content (AvgIpc) is 2.93. The van der Waals surface area contributed by atoms with Crippen LogP contribution in [0.25, 0.3) is 0 Å². The van der Waals surface area contributed by atoms with Crippen LogP contribution in [0.4, 0.5) is 5.69 Å². The van der Waals surface area contributed by atoms with E-state index in [1.54, 1.807) is 0 Å². The van der Waals surface area contributed by atoms with Crippen molar-refractivity contribution in [2.45, 2.75) is 37.5 Å².